The number of nitrogens with two attached hydrogens (primary N) is 1. The molecule has 0 unspecified atom stereocenters. The second-order valence-electron chi connectivity index (χ2n) is 8.35. The molecular formula is C26H23FN4O5S. The topological polar surface area (TPSA) is 144 Å². The van der Waals surface area contributed by atoms with E-state index in [1.54, 1.807) is 0 Å². The lowest BCUT2D eigenvalue weighted by atomic mass is 10.1. The molecular weight excluding hydrogens is 499 g/mol. The first-order chi connectivity index (χ1) is 17.5. The summed E-state index contributed by atoms with van der Waals surface area (Å²) < 4.78 is 47.5. The Morgan fingerprint density at radius 3 is 2.35 bits per heavy atom. The lowest BCUT2D eigenvalue weighted by Gasteiger charge is -2.16. The van der Waals surface area contributed by atoms with Gasteiger partial charge < -0.3 is 15.6 Å². The van der Waals surface area contributed by atoms with Gasteiger partial charge in [0.15, 0.2) is 16.6 Å². The number of nitrogens with one attached hydrogen (secondary N) is 1. The van der Waals surface area contributed by atoms with Gasteiger partial charge in [0.1, 0.15) is 17.1 Å². The van der Waals surface area contributed by atoms with Gasteiger partial charge in [-0.1, -0.05) is 29.8 Å². The summed E-state index contributed by atoms with van der Waals surface area (Å²) in [4.78, 5) is 21.2. The number of benzene rings is 2. The van der Waals surface area contributed by atoms with Gasteiger partial charge in [0.2, 0.25) is 5.88 Å². The van der Waals surface area contributed by atoms with Crippen molar-refractivity contribution in [3.05, 3.63) is 88.7 Å². The number of amides is 1. The molecule has 1 amide bonds. The van der Waals surface area contributed by atoms with E-state index in [0.717, 1.165) is 22.8 Å². The molecule has 2 heterocycles. The minimum absolute atomic E-state index is 0.0365. The van der Waals surface area contributed by atoms with Crippen molar-refractivity contribution >= 4 is 21.7 Å². The number of phenolic OH excluding ortho intramolecular Hbond substituents is 1. The number of nitrogens with zero attached hydrogens (tertiary/aromatic N) is 2. The van der Waals surface area contributed by atoms with Crippen LogP contribution in [0.3, 0.4) is 0 Å². The first-order valence-corrected chi connectivity index (χ1v) is 12.5. The van der Waals surface area contributed by atoms with Gasteiger partial charge in [-0.2, -0.15) is 8.42 Å². The third-order valence-corrected chi connectivity index (χ3v) is 6.65. The van der Waals surface area contributed by atoms with Crippen LogP contribution in [0.25, 0.3) is 11.3 Å². The zero-order chi connectivity index (χ0) is 26.9. The van der Waals surface area contributed by atoms with Crippen LogP contribution in [0.15, 0.2) is 65.7 Å². The van der Waals surface area contributed by atoms with Crippen molar-refractivity contribution in [3.63, 3.8) is 0 Å². The molecule has 0 saturated carbocycles. The molecule has 2 aromatic carbocycles. The Kier molecular flexibility index (Phi) is 6.82. The molecule has 0 spiro atoms. The number of sulfonamides is 1. The average molecular weight is 523 g/mol. The molecule has 0 radical (unpaired) electrons. The smallest absolute Gasteiger partial charge is 0.281 e. The van der Waals surface area contributed by atoms with Crippen molar-refractivity contribution in [2.45, 2.75) is 25.8 Å². The highest BCUT2D eigenvalue weighted by Gasteiger charge is 2.25. The fraction of sp³-hybridized carbons (Fsp3) is 0.115. The van der Waals surface area contributed by atoms with Crippen LogP contribution >= 0.6 is 0 Å². The third-order valence-electron chi connectivity index (χ3n) is 5.42. The van der Waals surface area contributed by atoms with Gasteiger partial charge in [0.25, 0.3) is 15.9 Å². The fourth-order valence-corrected chi connectivity index (χ4v) is 4.74. The first-order valence-electron chi connectivity index (χ1n) is 11.0. The molecule has 4 aromatic rings. The molecule has 4 rings (SSSR count). The highest BCUT2D eigenvalue weighted by Crippen LogP contribution is 2.35. The van der Waals surface area contributed by atoms with E-state index in [9.17, 15) is 22.7 Å². The van der Waals surface area contributed by atoms with E-state index in [1.807, 2.05) is 37.6 Å². The van der Waals surface area contributed by atoms with Gasteiger partial charge in [0.05, 0.1) is 5.69 Å². The number of para-hydroxylation sites is 1. The minimum atomic E-state index is -4.38. The monoisotopic (exact) mass is 522 g/mol. The number of hydrogen-bond acceptors (Lipinski definition) is 8. The van der Waals surface area contributed by atoms with E-state index in [4.69, 9.17) is 10.5 Å². The van der Waals surface area contributed by atoms with Crippen LogP contribution in [0.1, 0.15) is 27.0 Å². The van der Waals surface area contributed by atoms with Gasteiger partial charge >= 0.3 is 0 Å². The Morgan fingerprint density at radius 1 is 1.00 bits per heavy atom. The number of carbonyl (C=O) groups excluding carboxylic acids is 1. The molecule has 0 atom stereocenters. The van der Waals surface area contributed by atoms with E-state index in [0.29, 0.717) is 5.75 Å². The van der Waals surface area contributed by atoms with Crippen molar-refractivity contribution in [3.8, 4) is 28.6 Å². The molecule has 4 N–H and O–H groups in total. The van der Waals surface area contributed by atoms with Crippen LogP contribution < -0.4 is 15.2 Å². The number of anilines is 1. The Morgan fingerprint density at radius 2 is 1.68 bits per heavy atom. The fourth-order valence-electron chi connectivity index (χ4n) is 3.80. The zero-order valence-corrected chi connectivity index (χ0v) is 20.9. The third kappa shape index (κ3) is 5.36. The predicted octanol–water partition coefficient (Wildman–Crippen LogP) is 4.41. The second kappa shape index (κ2) is 9.86. The molecule has 0 saturated heterocycles. The van der Waals surface area contributed by atoms with Gasteiger partial charge in [-0.15, -0.1) is 0 Å². The zero-order valence-electron chi connectivity index (χ0n) is 20.1. The average Bonchev–Trinajstić information content (AvgIpc) is 2.82. The van der Waals surface area contributed by atoms with Crippen molar-refractivity contribution in [2.75, 3.05) is 5.73 Å². The number of pyridine rings is 2. The molecule has 2 aromatic heterocycles. The number of rotatable bonds is 6. The summed E-state index contributed by atoms with van der Waals surface area (Å²) in [6, 6.07) is 14.3. The number of aromatic nitrogens is 2. The Balaban J connectivity index is 1.81. The maximum Gasteiger partial charge on any atom is 0.281 e. The number of carbonyl (C=O) groups is 1. The van der Waals surface area contributed by atoms with Crippen LogP contribution in [0.4, 0.5) is 10.2 Å². The quantitative estimate of drug-likeness (QED) is 0.338. The number of ether oxygens (including phenoxy) is 1. The Labute approximate surface area is 212 Å². The largest absolute Gasteiger partial charge is 0.504 e. The Hall–Kier alpha value is -4.51. The predicted molar refractivity (Wildman–Crippen MR) is 135 cm³/mol. The standard InChI is InChI=1S/C26H23FN4O5S/c1-14-12-15(2)24(16(3)13-14)36-26-18(10-11-20(29-26)17-6-4-7-19(27)23(17)32)25(33)31-37(34,35)22-9-5-8-21(28)30-22/h4-13,32H,1-3H3,(H2,28,30)(H,31,33). The maximum absolute atomic E-state index is 14.0. The summed E-state index contributed by atoms with van der Waals surface area (Å²) >= 11 is 0. The van der Waals surface area contributed by atoms with E-state index in [2.05, 4.69) is 9.97 Å². The molecule has 190 valence electrons. The van der Waals surface area contributed by atoms with E-state index >= 15 is 0 Å². The molecule has 0 bridgehead atoms. The maximum atomic E-state index is 14.0. The summed E-state index contributed by atoms with van der Waals surface area (Å²) in [7, 11) is -4.38. The van der Waals surface area contributed by atoms with Crippen LogP contribution in [0.5, 0.6) is 17.4 Å². The number of nitrogen functional groups attached to an aromatic ring is 1. The van der Waals surface area contributed by atoms with Crippen LogP contribution in [-0.2, 0) is 10.0 Å². The Bertz CT molecular complexity index is 1620. The van der Waals surface area contributed by atoms with Crippen LogP contribution in [0.2, 0.25) is 0 Å². The summed E-state index contributed by atoms with van der Waals surface area (Å²) in [5.74, 6) is -2.39. The highest BCUT2D eigenvalue weighted by atomic mass is 32.2. The van der Waals surface area contributed by atoms with Crippen LogP contribution in [-0.4, -0.2) is 29.4 Å². The minimum Gasteiger partial charge on any atom is -0.504 e. The van der Waals surface area contributed by atoms with E-state index < -0.39 is 32.5 Å². The molecule has 0 aliphatic carbocycles. The number of hydrogen-bond donors (Lipinski definition) is 3. The molecule has 0 aliphatic rings. The van der Waals surface area contributed by atoms with Gasteiger partial charge in [0, 0.05) is 5.56 Å². The van der Waals surface area contributed by atoms with Gasteiger partial charge in [-0.05, 0) is 68.3 Å². The first kappa shape index (κ1) is 25.6. The molecule has 9 nitrogen and oxygen atoms in total. The van der Waals surface area contributed by atoms with E-state index in [-0.39, 0.29) is 28.5 Å². The lowest BCUT2D eigenvalue weighted by molar-refractivity contribution is 0.0978. The molecule has 37 heavy (non-hydrogen) atoms. The number of aromatic hydroxyl groups is 1. The highest BCUT2D eigenvalue weighted by molar-refractivity contribution is 7.90. The van der Waals surface area contributed by atoms with Crippen molar-refractivity contribution in [1.29, 1.82) is 0 Å². The normalized spacial score (nSPS) is 11.2. The summed E-state index contributed by atoms with van der Waals surface area (Å²) in [5.41, 5.74) is 8.02. The summed E-state index contributed by atoms with van der Waals surface area (Å²) in [6.45, 7) is 5.55. The number of aryl methyl sites for hydroxylation is 3. The SMILES string of the molecule is Cc1cc(C)c(Oc2nc(-c3cccc(F)c3O)ccc2C(=O)NS(=O)(=O)c2cccc(N)n2)c(C)c1. The van der Waals surface area contributed by atoms with Crippen molar-refractivity contribution in [1.82, 2.24) is 14.7 Å². The van der Waals surface area contributed by atoms with Gasteiger partial charge in [-0.3, -0.25) is 4.79 Å². The number of halogens is 1. The molecule has 0 aliphatic heterocycles. The van der Waals surface area contributed by atoms with E-state index in [1.165, 1.54) is 42.5 Å². The summed E-state index contributed by atoms with van der Waals surface area (Å²) in [6.07, 6.45) is 0. The lowest BCUT2D eigenvalue weighted by Crippen LogP contribution is -2.31. The second-order valence-corrected chi connectivity index (χ2v) is 9.98. The molecule has 0 fully saturated rings. The molecule has 11 heteroatoms. The van der Waals surface area contributed by atoms with Crippen molar-refractivity contribution < 1.29 is 27.4 Å². The van der Waals surface area contributed by atoms with Crippen molar-refractivity contribution in [2.24, 2.45) is 0 Å². The van der Waals surface area contributed by atoms with Gasteiger partial charge in [-0.25, -0.2) is 19.1 Å². The summed E-state index contributed by atoms with van der Waals surface area (Å²) in [5, 5.41) is 9.76. The number of phenols is 1. The van der Waals surface area contributed by atoms with Crippen LogP contribution in [0, 0.1) is 26.6 Å².